The maximum atomic E-state index is 12.2. The Morgan fingerprint density at radius 2 is 2.00 bits per heavy atom. The van der Waals surface area contributed by atoms with Crippen molar-refractivity contribution >= 4 is 23.3 Å². The van der Waals surface area contributed by atoms with E-state index in [4.69, 9.17) is 21.1 Å². The van der Waals surface area contributed by atoms with Crippen molar-refractivity contribution in [1.82, 2.24) is 9.78 Å². The van der Waals surface area contributed by atoms with E-state index in [2.05, 4.69) is 42.5 Å². The number of hydrogen-bond donors (Lipinski definition) is 1. The molecular formula is C26H30ClN3O3. The van der Waals surface area contributed by atoms with E-state index in [1.54, 1.807) is 24.0 Å². The molecule has 2 heterocycles. The molecule has 0 spiro atoms. The van der Waals surface area contributed by atoms with Crippen LogP contribution < -0.4 is 10.1 Å². The lowest BCUT2D eigenvalue weighted by Crippen LogP contribution is -2.31. The fourth-order valence-corrected chi connectivity index (χ4v) is 4.51. The van der Waals surface area contributed by atoms with Gasteiger partial charge in [-0.1, -0.05) is 49.7 Å². The average molecular weight is 468 g/mol. The highest BCUT2D eigenvalue weighted by Crippen LogP contribution is 2.44. The van der Waals surface area contributed by atoms with Gasteiger partial charge in [-0.15, -0.1) is 0 Å². The van der Waals surface area contributed by atoms with Crippen molar-refractivity contribution in [2.45, 2.75) is 32.3 Å². The average Bonchev–Trinajstić information content (AvgIpc) is 3.22. The van der Waals surface area contributed by atoms with Gasteiger partial charge in [-0.25, -0.2) is 0 Å². The monoisotopic (exact) mass is 467 g/mol. The molecule has 0 aliphatic carbocycles. The van der Waals surface area contributed by atoms with Crippen LogP contribution in [0.5, 0.6) is 5.75 Å². The predicted octanol–water partition coefficient (Wildman–Crippen LogP) is 5.61. The quantitative estimate of drug-likeness (QED) is 0.490. The molecule has 7 heteroatoms. The molecule has 1 fully saturated rings. The summed E-state index contributed by atoms with van der Waals surface area (Å²) in [6.07, 6.45) is 2.80. The molecule has 1 amide bonds. The zero-order valence-corrected chi connectivity index (χ0v) is 20.0. The summed E-state index contributed by atoms with van der Waals surface area (Å²) in [4.78, 5) is 12.2. The molecule has 1 aliphatic rings. The van der Waals surface area contributed by atoms with Crippen LogP contribution in [0.4, 0.5) is 5.82 Å². The van der Waals surface area contributed by atoms with Gasteiger partial charge >= 0.3 is 0 Å². The second kappa shape index (κ2) is 10.4. The van der Waals surface area contributed by atoms with Crippen LogP contribution >= 0.6 is 11.6 Å². The number of nitrogens with one attached hydrogen (secondary N) is 1. The molecule has 0 bridgehead atoms. The Morgan fingerprint density at radius 3 is 2.70 bits per heavy atom. The summed E-state index contributed by atoms with van der Waals surface area (Å²) in [6.45, 7) is 5.06. The first-order valence-corrected chi connectivity index (χ1v) is 11.7. The van der Waals surface area contributed by atoms with Crippen molar-refractivity contribution in [1.29, 1.82) is 0 Å². The summed E-state index contributed by atoms with van der Waals surface area (Å²) < 4.78 is 13.8. The maximum Gasteiger partial charge on any atom is 0.263 e. The van der Waals surface area contributed by atoms with E-state index >= 15 is 0 Å². The van der Waals surface area contributed by atoms with Gasteiger partial charge in [0.25, 0.3) is 5.91 Å². The molecule has 4 rings (SSSR count). The van der Waals surface area contributed by atoms with E-state index in [0.29, 0.717) is 35.9 Å². The fourth-order valence-electron chi connectivity index (χ4n) is 4.39. The number of anilines is 1. The Labute approximate surface area is 199 Å². The minimum Gasteiger partial charge on any atom is -0.484 e. The molecule has 1 aliphatic heterocycles. The number of carbonyl (C=O) groups is 1. The van der Waals surface area contributed by atoms with Crippen molar-refractivity contribution in [2.75, 3.05) is 18.5 Å². The van der Waals surface area contributed by atoms with E-state index in [0.717, 1.165) is 17.0 Å². The van der Waals surface area contributed by atoms with Gasteiger partial charge in [0.15, 0.2) is 12.4 Å². The van der Waals surface area contributed by atoms with Crippen LogP contribution in [0.3, 0.4) is 0 Å². The third-order valence-corrected chi connectivity index (χ3v) is 6.41. The van der Waals surface area contributed by atoms with Crippen LogP contribution in [-0.2, 0) is 16.6 Å². The van der Waals surface area contributed by atoms with Crippen molar-refractivity contribution in [3.63, 3.8) is 0 Å². The summed E-state index contributed by atoms with van der Waals surface area (Å²) in [5.74, 6) is 2.07. The van der Waals surface area contributed by atoms with Crippen LogP contribution in [0.1, 0.15) is 43.4 Å². The van der Waals surface area contributed by atoms with Gasteiger partial charge in [0, 0.05) is 30.3 Å². The fraction of sp³-hybridized carbons (Fsp3) is 0.385. The van der Waals surface area contributed by atoms with Crippen molar-refractivity contribution in [3.05, 3.63) is 76.9 Å². The second-order valence-corrected chi connectivity index (χ2v) is 9.37. The number of carbonyl (C=O) groups excluding carboxylic acids is 1. The van der Waals surface area contributed by atoms with Gasteiger partial charge in [-0.05, 0) is 53.6 Å². The van der Waals surface area contributed by atoms with Gasteiger partial charge in [0.1, 0.15) is 5.75 Å². The molecule has 0 radical (unpaired) electrons. The number of hydrogen-bond acceptors (Lipinski definition) is 4. The number of ether oxygens (including phenoxy) is 2. The van der Waals surface area contributed by atoms with Gasteiger partial charge in [-0.3, -0.25) is 9.48 Å². The first-order chi connectivity index (χ1) is 15.9. The Morgan fingerprint density at radius 1 is 1.21 bits per heavy atom. The molecule has 3 atom stereocenters. The van der Waals surface area contributed by atoms with Crippen molar-refractivity contribution in [2.24, 2.45) is 18.9 Å². The first kappa shape index (κ1) is 23.3. The van der Waals surface area contributed by atoms with Gasteiger partial charge < -0.3 is 14.8 Å². The molecule has 3 aromatic rings. The third kappa shape index (κ3) is 5.95. The second-order valence-electron chi connectivity index (χ2n) is 8.93. The van der Waals surface area contributed by atoms with E-state index in [1.165, 1.54) is 5.56 Å². The van der Waals surface area contributed by atoms with Gasteiger partial charge in [0.2, 0.25) is 0 Å². The summed E-state index contributed by atoms with van der Waals surface area (Å²) in [5.41, 5.74) is 2.34. The van der Waals surface area contributed by atoms with E-state index in [-0.39, 0.29) is 18.6 Å². The van der Waals surface area contributed by atoms with E-state index in [9.17, 15) is 4.79 Å². The molecule has 0 unspecified atom stereocenters. The predicted molar refractivity (Wildman–Crippen MR) is 130 cm³/mol. The number of benzene rings is 2. The number of nitrogens with zero attached hydrogens (tertiary/aromatic N) is 2. The lowest BCUT2D eigenvalue weighted by atomic mass is 9.76. The van der Waals surface area contributed by atoms with Crippen LogP contribution in [0.15, 0.2) is 60.8 Å². The maximum absolute atomic E-state index is 12.2. The number of aryl methyl sites for hydroxylation is 1. The molecule has 1 saturated heterocycles. The third-order valence-electron chi connectivity index (χ3n) is 6.16. The number of amides is 1. The summed E-state index contributed by atoms with van der Waals surface area (Å²) >= 11 is 6.06. The molecule has 174 valence electrons. The standard InChI is InChI=1S/C26H30ClN3O3/c1-17(2)23-14-20(18-7-9-21(27)10-8-18)15-33-26(23)19-5-4-6-22(13-19)32-16-25(31)28-24-11-12-30(3)29-24/h4-13,17,20,23,26H,14-16H2,1-3H3,(H,28,29,31)/t20-,23-,26-/m0/s1. The zero-order valence-electron chi connectivity index (χ0n) is 19.2. The lowest BCUT2D eigenvalue weighted by molar-refractivity contribution is -0.118. The van der Waals surface area contributed by atoms with Crippen LogP contribution in [0.25, 0.3) is 0 Å². The lowest BCUT2D eigenvalue weighted by Gasteiger charge is -2.39. The minimum absolute atomic E-state index is 0.0144. The Balaban J connectivity index is 1.41. The summed E-state index contributed by atoms with van der Waals surface area (Å²) in [7, 11) is 1.80. The molecule has 0 saturated carbocycles. The smallest absolute Gasteiger partial charge is 0.263 e. The molecule has 1 N–H and O–H groups in total. The molecule has 2 aromatic carbocycles. The summed E-state index contributed by atoms with van der Waals surface area (Å²) in [6, 6.07) is 17.7. The minimum atomic E-state index is -0.251. The highest BCUT2D eigenvalue weighted by Gasteiger charge is 2.35. The summed E-state index contributed by atoms with van der Waals surface area (Å²) in [5, 5.41) is 7.62. The topological polar surface area (TPSA) is 65.4 Å². The Bertz CT molecular complexity index is 1080. The van der Waals surface area contributed by atoms with Gasteiger partial charge in [-0.2, -0.15) is 5.10 Å². The van der Waals surface area contributed by atoms with Crippen LogP contribution in [0.2, 0.25) is 5.02 Å². The zero-order chi connectivity index (χ0) is 23.4. The number of aromatic nitrogens is 2. The largest absolute Gasteiger partial charge is 0.484 e. The molecular weight excluding hydrogens is 438 g/mol. The Kier molecular flexibility index (Phi) is 7.36. The molecule has 33 heavy (non-hydrogen) atoms. The van der Waals surface area contributed by atoms with Gasteiger partial charge in [0.05, 0.1) is 12.7 Å². The molecule has 1 aromatic heterocycles. The molecule has 6 nitrogen and oxygen atoms in total. The SMILES string of the molecule is CC(C)[C@@H]1C[C@H](c2ccc(Cl)cc2)CO[C@H]1c1cccc(OCC(=O)Nc2ccn(C)n2)c1. The van der Waals surface area contributed by atoms with Crippen LogP contribution in [0, 0.1) is 11.8 Å². The van der Waals surface area contributed by atoms with Crippen molar-refractivity contribution < 1.29 is 14.3 Å². The Hall–Kier alpha value is -2.83. The van der Waals surface area contributed by atoms with Crippen LogP contribution in [-0.4, -0.2) is 28.9 Å². The highest BCUT2D eigenvalue weighted by atomic mass is 35.5. The highest BCUT2D eigenvalue weighted by molar-refractivity contribution is 6.30. The van der Waals surface area contributed by atoms with E-state index in [1.807, 2.05) is 30.3 Å². The normalized spacial score (nSPS) is 20.6. The van der Waals surface area contributed by atoms with E-state index < -0.39 is 0 Å². The van der Waals surface area contributed by atoms with Crippen molar-refractivity contribution in [3.8, 4) is 5.75 Å². The first-order valence-electron chi connectivity index (χ1n) is 11.3. The number of rotatable bonds is 7. The number of halogens is 1.